The standard InChI is InChI=1S/C15H10N2.C10H14O4/c1-12-8-13(10-14(9-12)11-16)5-6-15-4-2-3-7-17-15;1-8(2)9(12)14-10(13-7-11)5-3-4-6-10/h2-4,7-10H,1H3;7H,1,3-6H2,2H3. The van der Waals surface area contributed by atoms with E-state index < -0.39 is 11.8 Å². The molecule has 1 saturated carbocycles. The van der Waals surface area contributed by atoms with Crippen LogP contribution in [0.25, 0.3) is 0 Å². The Balaban J connectivity index is 0.000000225. The van der Waals surface area contributed by atoms with Gasteiger partial charge in [0.2, 0.25) is 0 Å². The Morgan fingerprint density at radius 2 is 1.90 bits per heavy atom. The maximum absolute atomic E-state index is 11.3. The number of nitriles is 1. The van der Waals surface area contributed by atoms with Gasteiger partial charge in [-0.1, -0.05) is 18.6 Å². The number of benzene rings is 1. The number of aromatic nitrogens is 1. The molecule has 0 saturated heterocycles. The van der Waals surface area contributed by atoms with E-state index >= 15 is 0 Å². The summed E-state index contributed by atoms with van der Waals surface area (Å²) in [6.07, 6.45) is 4.66. The van der Waals surface area contributed by atoms with E-state index in [2.05, 4.69) is 29.5 Å². The van der Waals surface area contributed by atoms with Gasteiger partial charge in [-0.15, -0.1) is 0 Å². The zero-order valence-corrected chi connectivity index (χ0v) is 17.7. The van der Waals surface area contributed by atoms with E-state index in [9.17, 15) is 9.59 Å². The van der Waals surface area contributed by atoms with E-state index in [4.69, 9.17) is 14.7 Å². The predicted molar refractivity (Wildman–Crippen MR) is 115 cm³/mol. The summed E-state index contributed by atoms with van der Waals surface area (Å²) in [5.41, 5.74) is 3.55. The number of nitrogens with zero attached hydrogens (tertiary/aromatic N) is 2. The van der Waals surface area contributed by atoms with Crippen LogP contribution in [0.1, 0.15) is 55.0 Å². The van der Waals surface area contributed by atoms with Crippen LogP contribution in [0.2, 0.25) is 0 Å². The van der Waals surface area contributed by atoms with Gasteiger partial charge in [0.1, 0.15) is 5.69 Å². The molecule has 0 radical (unpaired) electrons. The molecule has 0 N–H and O–H groups in total. The number of rotatable bonds is 4. The first-order valence-electron chi connectivity index (χ1n) is 9.82. The fourth-order valence-corrected chi connectivity index (χ4v) is 2.99. The van der Waals surface area contributed by atoms with Crippen molar-refractivity contribution in [1.82, 2.24) is 4.98 Å². The summed E-state index contributed by atoms with van der Waals surface area (Å²) in [6, 6.07) is 13.3. The molecule has 0 aliphatic heterocycles. The van der Waals surface area contributed by atoms with E-state index in [1.807, 2.05) is 37.3 Å². The highest BCUT2D eigenvalue weighted by atomic mass is 16.7. The van der Waals surface area contributed by atoms with Crippen molar-refractivity contribution in [2.75, 3.05) is 0 Å². The lowest BCUT2D eigenvalue weighted by atomic mass is 10.1. The lowest BCUT2D eigenvalue weighted by Gasteiger charge is -2.26. The van der Waals surface area contributed by atoms with E-state index in [-0.39, 0.29) is 0 Å². The molecule has 31 heavy (non-hydrogen) atoms. The van der Waals surface area contributed by atoms with Gasteiger partial charge >= 0.3 is 5.97 Å². The van der Waals surface area contributed by atoms with Gasteiger partial charge in [0.25, 0.3) is 12.3 Å². The maximum Gasteiger partial charge on any atom is 0.336 e. The highest BCUT2D eigenvalue weighted by Gasteiger charge is 2.39. The third-order valence-corrected chi connectivity index (χ3v) is 4.46. The van der Waals surface area contributed by atoms with Crippen molar-refractivity contribution >= 4 is 12.4 Å². The molecule has 1 aromatic carbocycles. The number of hydrogen-bond acceptors (Lipinski definition) is 6. The van der Waals surface area contributed by atoms with E-state index in [0.29, 0.717) is 30.5 Å². The van der Waals surface area contributed by atoms with Crippen LogP contribution in [0.4, 0.5) is 0 Å². The molecule has 6 heteroatoms. The Labute approximate surface area is 182 Å². The van der Waals surface area contributed by atoms with Crippen LogP contribution in [0.3, 0.4) is 0 Å². The summed E-state index contributed by atoms with van der Waals surface area (Å²) in [5, 5.41) is 8.86. The van der Waals surface area contributed by atoms with Crippen LogP contribution in [-0.4, -0.2) is 23.2 Å². The molecule has 0 atom stereocenters. The smallest absolute Gasteiger partial charge is 0.336 e. The Kier molecular flexibility index (Phi) is 8.54. The maximum atomic E-state index is 11.3. The minimum absolute atomic E-state index is 0.311. The molecule has 158 valence electrons. The van der Waals surface area contributed by atoms with E-state index in [1.54, 1.807) is 19.2 Å². The fourth-order valence-electron chi connectivity index (χ4n) is 2.99. The summed E-state index contributed by atoms with van der Waals surface area (Å²) >= 11 is 0. The van der Waals surface area contributed by atoms with Crippen LogP contribution in [0, 0.1) is 30.1 Å². The Hall–Kier alpha value is -3.90. The molecule has 0 spiro atoms. The monoisotopic (exact) mass is 416 g/mol. The number of pyridine rings is 1. The van der Waals surface area contributed by atoms with Crippen molar-refractivity contribution in [2.45, 2.75) is 45.3 Å². The minimum Gasteiger partial charge on any atom is -0.425 e. The zero-order valence-electron chi connectivity index (χ0n) is 17.7. The quantitative estimate of drug-likeness (QED) is 0.244. The number of hydrogen-bond donors (Lipinski definition) is 0. The molecule has 2 aromatic rings. The van der Waals surface area contributed by atoms with Gasteiger partial charge in [0.15, 0.2) is 0 Å². The number of ether oxygens (including phenoxy) is 2. The Morgan fingerprint density at radius 1 is 1.19 bits per heavy atom. The fraction of sp³-hybridized carbons (Fsp3) is 0.280. The van der Waals surface area contributed by atoms with Crippen LogP contribution >= 0.6 is 0 Å². The van der Waals surface area contributed by atoms with Gasteiger partial charge in [-0.05, 0) is 68.5 Å². The normalized spacial score (nSPS) is 13.3. The highest BCUT2D eigenvalue weighted by molar-refractivity contribution is 5.87. The molecule has 0 amide bonds. The summed E-state index contributed by atoms with van der Waals surface area (Å²) in [4.78, 5) is 25.7. The van der Waals surface area contributed by atoms with E-state index in [0.717, 1.165) is 29.7 Å². The summed E-state index contributed by atoms with van der Waals surface area (Å²) in [6.45, 7) is 7.31. The van der Waals surface area contributed by atoms with Gasteiger partial charge in [0, 0.05) is 30.2 Å². The number of carbonyl (C=O) groups excluding carboxylic acids is 2. The van der Waals surface area contributed by atoms with Crippen molar-refractivity contribution in [3.63, 3.8) is 0 Å². The molecule has 6 nitrogen and oxygen atoms in total. The number of aryl methyl sites for hydroxylation is 1. The second-order valence-corrected chi connectivity index (χ2v) is 7.17. The SMILES string of the molecule is C=C(C)C(=O)OC1(OC=O)CCCC1.Cc1cc(C#N)cc(C#Cc2ccccn2)c1. The van der Waals surface area contributed by atoms with Gasteiger partial charge < -0.3 is 9.47 Å². The highest BCUT2D eigenvalue weighted by Crippen LogP contribution is 2.34. The number of esters is 1. The molecular weight excluding hydrogens is 392 g/mol. The minimum atomic E-state index is -1.03. The van der Waals surface area contributed by atoms with Crippen molar-refractivity contribution < 1.29 is 19.1 Å². The molecule has 0 unspecified atom stereocenters. The van der Waals surface area contributed by atoms with Crippen molar-refractivity contribution in [3.8, 4) is 17.9 Å². The largest absolute Gasteiger partial charge is 0.425 e. The van der Waals surface area contributed by atoms with Crippen molar-refractivity contribution in [2.24, 2.45) is 0 Å². The van der Waals surface area contributed by atoms with Crippen molar-refractivity contribution in [1.29, 1.82) is 5.26 Å². The van der Waals surface area contributed by atoms with Crippen LogP contribution in [0.5, 0.6) is 0 Å². The molecule has 1 fully saturated rings. The van der Waals surface area contributed by atoms with Gasteiger partial charge in [-0.3, -0.25) is 4.79 Å². The first kappa shape index (κ1) is 23.4. The van der Waals surface area contributed by atoms with Crippen LogP contribution in [-0.2, 0) is 19.1 Å². The zero-order chi connectivity index (χ0) is 22.7. The number of carbonyl (C=O) groups is 2. The lowest BCUT2D eigenvalue weighted by molar-refractivity contribution is -0.215. The molecule has 0 bridgehead atoms. The Bertz CT molecular complexity index is 1040. The summed E-state index contributed by atoms with van der Waals surface area (Å²) in [5.74, 6) is 4.45. The van der Waals surface area contributed by atoms with Gasteiger partial charge in [-0.2, -0.15) is 5.26 Å². The average molecular weight is 416 g/mol. The molecular formula is C25H24N2O4. The third kappa shape index (κ3) is 7.45. The van der Waals surface area contributed by atoms with Gasteiger partial charge in [-0.25, -0.2) is 9.78 Å². The molecule has 1 heterocycles. The summed E-state index contributed by atoms with van der Waals surface area (Å²) in [7, 11) is 0. The van der Waals surface area contributed by atoms with Crippen LogP contribution in [0.15, 0.2) is 54.7 Å². The summed E-state index contributed by atoms with van der Waals surface area (Å²) < 4.78 is 9.96. The molecule has 1 aromatic heterocycles. The average Bonchev–Trinajstić information content (AvgIpc) is 3.21. The second kappa shape index (κ2) is 11.3. The van der Waals surface area contributed by atoms with Gasteiger partial charge in [0.05, 0.1) is 11.6 Å². The second-order valence-electron chi connectivity index (χ2n) is 7.17. The first-order valence-corrected chi connectivity index (χ1v) is 9.82. The first-order chi connectivity index (χ1) is 14.9. The van der Waals surface area contributed by atoms with E-state index in [1.165, 1.54) is 0 Å². The predicted octanol–water partition coefficient (Wildman–Crippen LogP) is 4.21. The molecule has 1 aliphatic carbocycles. The van der Waals surface area contributed by atoms with Crippen LogP contribution < -0.4 is 0 Å². The van der Waals surface area contributed by atoms with Crippen molar-refractivity contribution in [3.05, 3.63) is 77.1 Å². The lowest BCUT2D eigenvalue weighted by Crippen LogP contribution is -2.35. The third-order valence-electron chi connectivity index (χ3n) is 4.46. The molecule has 3 rings (SSSR count). The topological polar surface area (TPSA) is 89.3 Å². The molecule has 1 aliphatic rings. The Morgan fingerprint density at radius 3 is 2.48 bits per heavy atom.